The zero-order valence-electron chi connectivity index (χ0n) is 7.05. The van der Waals surface area contributed by atoms with Crippen LogP contribution in [0.2, 0.25) is 0 Å². The Morgan fingerprint density at radius 1 is 1.17 bits per heavy atom. The van der Waals surface area contributed by atoms with Gasteiger partial charge in [0.2, 0.25) is 0 Å². The number of hydrogen-bond acceptors (Lipinski definition) is 5. The SMILES string of the molecule is COC1C(O)C(N)CC(N)C1O. The molecular formula is C7H16N2O3. The van der Waals surface area contributed by atoms with E-state index < -0.39 is 30.4 Å². The number of ether oxygens (including phenoxy) is 1. The normalized spacial score (nSPS) is 49.2. The lowest BCUT2D eigenvalue weighted by Gasteiger charge is -2.39. The molecule has 6 N–H and O–H groups in total. The monoisotopic (exact) mass is 176 g/mol. The van der Waals surface area contributed by atoms with Gasteiger partial charge in [0, 0.05) is 19.2 Å². The minimum Gasteiger partial charge on any atom is -0.389 e. The lowest BCUT2D eigenvalue weighted by molar-refractivity contribution is -0.118. The fraction of sp³-hybridized carbons (Fsp3) is 1.00. The summed E-state index contributed by atoms with van der Waals surface area (Å²) in [6.07, 6.45) is -1.90. The fourth-order valence-electron chi connectivity index (χ4n) is 1.56. The van der Waals surface area contributed by atoms with Crippen LogP contribution in [0.1, 0.15) is 6.42 Å². The second-order valence-electron chi connectivity index (χ2n) is 3.24. The number of rotatable bonds is 1. The number of nitrogens with two attached hydrogens (primary N) is 2. The largest absolute Gasteiger partial charge is 0.389 e. The highest BCUT2D eigenvalue weighted by Gasteiger charge is 2.40. The first-order valence-corrected chi connectivity index (χ1v) is 3.98. The second-order valence-corrected chi connectivity index (χ2v) is 3.24. The first-order valence-electron chi connectivity index (χ1n) is 3.98. The van der Waals surface area contributed by atoms with Crippen molar-refractivity contribution in [3.05, 3.63) is 0 Å². The quantitative estimate of drug-likeness (QED) is 0.362. The van der Waals surface area contributed by atoms with Gasteiger partial charge >= 0.3 is 0 Å². The summed E-state index contributed by atoms with van der Waals surface area (Å²) in [4.78, 5) is 0. The van der Waals surface area contributed by atoms with Crippen molar-refractivity contribution in [3.8, 4) is 0 Å². The van der Waals surface area contributed by atoms with Crippen molar-refractivity contribution in [3.63, 3.8) is 0 Å². The summed E-state index contributed by atoms with van der Waals surface area (Å²) in [5.74, 6) is 0. The van der Waals surface area contributed by atoms with Gasteiger partial charge in [0.05, 0.1) is 12.2 Å². The van der Waals surface area contributed by atoms with Crippen LogP contribution < -0.4 is 11.5 Å². The predicted octanol–water partition coefficient (Wildman–Crippen LogP) is -2.22. The number of hydrogen-bond donors (Lipinski definition) is 4. The lowest BCUT2D eigenvalue weighted by atomic mass is 9.85. The van der Waals surface area contributed by atoms with E-state index in [1.165, 1.54) is 7.11 Å². The van der Waals surface area contributed by atoms with Crippen molar-refractivity contribution in [2.45, 2.75) is 36.8 Å². The summed E-state index contributed by atoms with van der Waals surface area (Å²) in [5, 5.41) is 18.9. The number of aliphatic hydroxyl groups is 2. The van der Waals surface area contributed by atoms with Crippen molar-refractivity contribution in [1.29, 1.82) is 0 Å². The molecule has 0 saturated heterocycles. The molecule has 0 aliphatic heterocycles. The van der Waals surface area contributed by atoms with Crippen LogP contribution in [0.25, 0.3) is 0 Å². The Morgan fingerprint density at radius 2 is 1.58 bits per heavy atom. The summed E-state index contributed by atoms with van der Waals surface area (Å²) in [6, 6.07) is -0.818. The van der Waals surface area contributed by atoms with Gasteiger partial charge in [0.1, 0.15) is 6.10 Å². The molecule has 0 spiro atoms. The van der Waals surface area contributed by atoms with E-state index in [2.05, 4.69) is 0 Å². The van der Waals surface area contributed by atoms with E-state index in [0.29, 0.717) is 6.42 Å². The van der Waals surface area contributed by atoms with Crippen LogP contribution >= 0.6 is 0 Å². The van der Waals surface area contributed by atoms with Crippen LogP contribution in [0.15, 0.2) is 0 Å². The third-order valence-electron chi connectivity index (χ3n) is 2.37. The Labute approximate surface area is 71.3 Å². The standard InChI is InChI=1S/C7H16N2O3/c1-12-7-5(10)3(8)2-4(9)6(7)11/h3-7,10-11H,2,8-9H2,1H3. The Hall–Kier alpha value is -0.200. The van der Waals surface area contributed by atoms with Gasteiger partial charge in [-0.2, -0.15) is 0 Å². The van der Waals surface area contributed by atoms with Gasteiger partial charge in [-0.05, 0) is 6.42 Å². The second kappa shape index (κ2) is 3.68. The minimum atomic E-state index is -0.829. The maximum atomic E-state index is 9.46. The average molecular weight is 176 g/mol. The van der Waals surface area contributed by atoms with Crippen LogP contribution in [0, 0.1) is 0 Å². The van der Waals surface area contributed by atoms with E-state index in [-0.39, 0.29) is 0 Å². The molecule has 1 aliphatic carbocycles. The summed E-state index contributed by atoms with van der Waals surface area (Å²) in [7, 11) is 1.42. The lowest BCUT2D eigenvalue weighted by Crippen LogP contribution is -2.61. The summed E-state index contributed by atoms with van der Waals surface area (Å²) < 4.78 is 4.90. The molecule has 72 valence electrons. The van der Waals surface area contributed by atoms with Crippen LogP contribution in [-0.4, -0.2) is 47.7 Å². The summed E-state index contributed by atoms with van der Waals surface area (Å²) in [6.45, 7) is 0. The molecule has 0 aromatic carbocycles. The van der Waals surface area contributed by atoms with E-state index >= 15 is 0 Å². The molecule has 5 heteroatoms. The first kappa shape index (κ1) is 9.88. The molecule has 1 fully saturated rings. The highest BCUT2D eigenvalue weighted by molar-refractivity contribution is 4.97. The van der Waals surface area contributed by atoms with Crippen LogP contribution in [0.5, 0.6) is 0 Å². The molecule has 0 radical (unpaired) electrons. The highest BCUT2D eigenvalue weighted by Crippen LogP contribution is 2.19. The molecule has 0 aromatic rings. The smallest absolute Gasteiger partial charge is 0.112 e. The van der Waals surface area contributed by atoms with E-state index in [1.54, 1.807) is 0 Å². The molecule has 5 nitrogen and oxygen atoms in total. The topological polar surface area (TPSA) is 102 Å². The van der Waals surface area contributed by atoms with E-state index in [9.17, 15) is 10.2 Å². The molecular weight excluding hydrogens is 160 g/mol. The zero-order valence-corrected chi connectivity index (χ0v) is 7.05. The molecule has 1 saturated carbocycles. The van der Waals surface area contributed by atoms with Crippen molar-refractivity contribution in [1.82, 2.24) is 0 Å². The van der Waals surface area contributed by atoms with Gasteiger partial charge in [-0.3, -0.25) is 0 Å². The molecule has 1 rings (SSSR count). The van der Waals surface area contributed by atoms with Crippen molar-refractivity contribution >= 4 is 0 Å². The molecule has 0 heterocycles. The zero-order chi connectivity index (χ0) is 9.30. The maximum absolute atomic E-state index is 9.46. The van der Waals surface area contributed by atoms with Gasteiger partial charge in [-0.15, -0.1) is 0 Å². The van der Waals surface area contributed by atoms with Gasteiger partial charge < -0.3 is 26.4 Å². The molecule has 0 amide bonds. The molecule has 1 aliphatic rings. The van der Waals surface area contributed by atoms with E-state index in [1.807, 2.05) is 0 Å². The van der Waals surface area contributed by atoms with Crippen LogP contribution in [0.3, 0.4) is 0 Å². The average Bonchev–Trinajstić information content (AvgIpc) is 2.02. The highest BCUT2D eigenvalue weighted by atomic mass is 16.5. The van der Waals surface area contributed by atoms with Crippen molar-refractivity contribution in [2.24, 2.45) is 11.5 Å². The molecule has 12 heavy (non-hydrogen) atoms. The molecule has 0 aromatic heterocycles. The van der Waals surface area contributed by atoms with Gasteiger partial charge in [-0.25, -0.2) is 0 Å². The molecule has 4 atom stereocenters. The Balaban J connectivity index is 2.67. The fourth-order valence-corrected chi connectivity index (χ4v) is 1.56. The van der Waals surface area contributed by atoms with Crippen molar-refractivity contribution in [2.75, 3.05) is 7.11 Å². The Kier molecular flexibility index (Phi) is 3.03. The Bertz CT molecular complexity index is 142. The molecule has 0 bridgehead atoms. The van der Waals surface area contributed by atoms with E-state index in [4.69, 9.17) is 16.2 Å². The number of methoxy groups -OCH3 is 1. The minimum absolute atomic E-state index is 0.409. The summed E-state index contributed by atoms with van der Waals surface area (Å²) >= 11 is 0. The van der Waals surface area contributed by atoms with Gasteiger partial charge in [0.15, 0.2) is 0 Å². The van der Waals surface area contributed by atoms with Crippen LogP contribution in [0.4, 0.5) is 0 Å². The predicted molar refractivity (Wildman–Crippen MR) is 43.4 cm³/mol. The van der Waals surface area contributed by atoms with Crippen LogP contribution in [-0.2, 0) is 4.74 Å². The first-order chi connectivity index (χ1) is 5.57. The van der Waals surface area contributed by atoms with Gasteiger partial charge in [0.25, 0.3) is 0 Å². The van der Waals surface area contributed by atoms with Crippen molar-refractivity contribution < 1.29 is 14.9 Å². The van der Waals surface area contributed by atoms with Gasteiger partial charge in [-0.1, -0.05) is 0 Å². The Morgan fingerprint density at radius 3 is 1.92 bits per heavy atom. The van der Waals surface area contributed by atoms with E-state index in [0.717, 1.165) is 0 Å². The maximum Gasteiger partial charge on any atom is 0.112 e. The third-order valence-corrected chi connectivity index (χ3v) is 2.37. The molecule has 4 unspecified atom stereocenters. The third kappa shape index (κ3) is 1.60. The summed E-state index contributed by atoms with van der Waals surface area (Å²) in [5.41, 5.74) is 11.2. The number of aliphatic hydroxyl groups excluding tert-OH is 2.